The first kappa shape index (κ1) is 12.0. The third kappa shape index (κ3) is 3.27. The minimum atomic E-state index is 0.646. The van der Waals surface area contributed by atoms with Gasteiger partial charge in [0.1, 0.15) is 0 Å². The van der Waals surface area contributed by atoms with E-state index in [0.717, 1.165) is 18.2 Å². The van der Waals surface area contributed by atoms with Crippen molar-refractivity contribution < 1.29 is 0 Å². The minimum Gasteiger partial charge on any atom is -0.397 e. The van der Waals surface area contributed by atoms with Crippen LogP contribution in [-0.2, 0) is 0 Å². The highest BCUT2D eigenvalue weighted by Gasteiger charge is 2.16. The van der Waals surface area contributed by atoms with Crippen molar-refractivity contribution in [3.63, 3.8) is 0 Å². The minimum absolute atomic E-state index is 0.646. The summed E-state index contributed by atoms with van der Waals surface area (Å²) < 4.78 is 0. The number of piperidine rings is 1. The molecular weight excluding hydrogens is 212 g/mol. The molecule has 5 N–H and O–H groups in total. The third-order valence-electron chi connectivity index (χ3n) is 3.40. The van der Waals surface area contributed by atoms with E-state index in [4.69, 9.17) is 11.5 Å². The molecule has 1 aliphatic rings. The highest BCUT2D eigenvalue weighted by Crippen LogP contribution is 2.21. The van der Waals surface area contributed by atoms with Gasteiger partial charge in [-0.05, 0) is 50.6 Å². The molecule has 0 spiro atoms. The lowest BCUT2D eigenvalue weighted by molar-refractivity contribution is 0.217. The molecule has 4 heteroatoms. The van der Waals surface area contributed by atoms with Crippen LogP contribution in [0, 0.1) is 5.92 Å². The Hall–Kier alpha value is -1.42. The van der Waals surface area contributed by atoms with Crippen LogP contribution in [0.2, 0.25) is 0 Å². The number of anilines is 3. The van der Waals surface area contributed by atoms with Crippen molar-refractivity contribution in [1.82, 2.24) is 4.90 Å². The molecule has 1 aromatic carbocycles. The van der Waals surface area contributed by atoms with Gasteiger partial charge >= 0.3 is 0 Å². The molecule has 0 aromatic heterocycles. The Labute approximate surface area is 103 Å². The van der Waals surface area contributed by atoms with Crippen LogP contribution in [0.1, 0.15) is 12.8 Å². The number of hydrogen-bond donors (Lipinski definition) is 3. The zero-order valence-corrected chi connectivity index (χ0v) is 10.4. The monoisotopic (exact) mass is 234 g/mol. The maximum Gasteiger partial charge on any atom is 0.0568 e. The summed E-state index contributed by atoms with van der Waals surface area (Å²) in [6, 6.07) is 5.74. The van der Waals surface area contributed by atoms with Crippen LogP contribution in [0.4, 0.5) is 17.1 Å². The number of nitrogens with one attached hydrogen (secondary N) is 1. The maximum absolute atomic E-state index is 5.78. The Bertz CT molecular complexity index is 378. The molecule has 94 valence electrons. The molecule has 0 amide bonds. The Morgan fingerprint density at radius 3 is 2.88 bits per heavy atom. The van der Waals surface area contributed by atoms with Crippen molar-refractivity contribution in [2.75, 3.05) is 43.5 Å². The van der Waals surface area contributed by atoms with E-state index in [2.05, 4.69) is 17.3 Å². The quantitative estimate of drug-likeness (QED) is 0.695. The summed E-state index contributed by atoms with van der Waals surface area (Å²) in [4.78, 5) is 2.40. The van der Waals surface area contributed by atoms with Gasteiger partial charge in [-0.2, -0.15) is 0 Å². The van der Waals surface area contributed by atoms with Crippen LogP contribution in [0.25, 0.3) is 0 Å². The van der Waals surface area contributed by atoms with E-state index in [1.165, 1.54) is 25.9 Å². The van der Waals surface area contributed by atoms with Gasteiger partial charge in [-0.15, -0.1) is 0 Å². The van der Waals surface area contributed by atoms with E-state index in [-0.39, 0.29) is 0 Å². The highest BCUT2D eigenvalue weighted by molar-refractivity contribution is 5.69. The van der Waals surface area contributed by atoms with Crippen LogP contribution in [0.3, 0.4) is 0 Å². The second kappa shape index (κ2) is 5.27. The predicted octanol–water partition coefficient (Wildman–Crippen LogP) is 1.60. The zero-order valence-electron chi connectivity index (χ0n) is 10.4. The van der Waals surface area contributed by atoms with Gasteiger partial charge in [-0.1, -0.05) is 0 Å². The van der Waals surface area contributed by atoms with Crippen molar-refractivity contribution >= 4 is 17.1 Å². The molecule has 1 fully saturated rings. The normalized spacial score (nSPS) is 21.4. The molecule has 1 unspecified atom stereocenters. The van der Waals surface area contributed by atoms with Gasteiger partial charge in [-0.25, -0.2) is 0 Å². The van der Waals surface area contributed by atoms with E-state index in [9.17, 15) is 0 Å². The molecule has 0 radical (unpaired) electrons. The van der Waals surface area contributed by atoms with Crippen LogP contribution in [-0.4, -0.2) is 31.6 Å². The topological polar surface area (TPSA) is 67.3 Å². The Kier molecular flexibility index (Phi) is 3.74. The van der Waals surface area contributed by atoms with Crippen molar-refractivity contribution in [2.45, 2.75) is 12.8 Å². The molecule has 1 aromatic rings. The van der Waals surface area contributed by atoms with Crippen LogP contribution < -0.4 is 16.8 Å². The number of likely N-dealkylation sites (tertiary alicyclic amines) is 1. The molecule has 1 saturated heterocycles. The highest BCUT2D eigenvalue weighted by atomic mass is 15.1. The summed E-state index contributed by atoms with van der Waals surface area (Å²) in [6.07, 6.45) is 2.61. The van der Waals surface area contributed by atoms with Gasteiger partial charge in [0.05, 0.1) is 11.4 Å². The first-order chi connectivity index (χ1) is 8.15. The van der Waals surface area contributed by atoms with Gasteiger partial charge < -0.3 is 21.7 Å². The zero-order chi connectivity index (χ0) is 12.3. The number of nitrogens with two attached hydrogens (primary N) is 2. The van der Waals surface area contributed by atoms with E-state index in [0.29, 0.717) is 11.4 Å². The van der Waals surface area contributed by atoms with E-state index in [1.54, 1.807) is 0 Å². The van der Waals surface area contributed by atoms with Gasteiger partial charge in [0.25, 0.3) is 0 Å². The number of benzene rings is 1. The second-order valence-electron chi connectivity index (χ2n) is 5.00. The first-order valence-electron chi connectivity index (χ1n) is 6.22. The SMILES string of the molecule is CN1CCCC(CNc2ccc(N)c(N)c2)C1. The lowest BCUT2D eigenvalue weighted by Crippen LogP contribution is -2.35. The molecule has 17 heavy (non-hydrogen) atoms. The third-order valence-corrected chi connectivity index (χ3v) is 3.40. The molecule has 1 atom stereocenters. The second-order valence-corrected chi connectivity index (χ2v) is 5.00. The van der Waals surface area contributed by atoms with Gasteiger partial charge in [0, 0.05) is 18.8 Å². The summed E-state index contributed by atoms with van der Waals surface area (Å²) in [6.45, 7) is 3.41. The fraction of sp³-hybridized carbons (Fsp3) is 0.538. The molecule has 1 heterocycles. The molecule has 1 aliphatic heterocycles. The number of nitrogens with zero attached hydrogens (tertiary/aromatic N) is 1. The summed E-state index contributed by atoms with van der Waals surface area (Å²) >= 11 is 0. The predicted molar refractivity (Wildman–Crippen MR) is 74.0 cm³/mol. The standard InChI is InChI=1S/C13H22N4/c1-17-6-2-3-10(9-17)8-16-11-4-5-12(14)13(15)7-11/h4-5,7,10,16H,2-3,6,8-9,14-15H2,1H3. The molecule has 0 bridgehead atoms. The fourth-order valence-electron chi connectivity index (χ4n) is 2.39. The van der Waals surface area contributed by atoms with Gasteiger partial charge in [0.15, 0.2) is 0 Å². The number of hydrogen-bond acceptors (Lipinski definition) is 4. The molecular formula is C13H22N4. The lowest BCUT2D eigenvalue weighted by atomic mass is 9.98. The van der Waals surface area contributed by atoms with Crippen molar-refractivity contribution in [2.24, 2.45) is 5.92 Å². The van der Waals surface area contributed by atoms with Crippen LogP contribution >= 0.6 is 0 Å². The molecule has 2 rings (SSSR count). The molecule has 0 aliphatic carbocycles. The van der Waals surface area contributed by atoms with Crippen molar-refractivity contribution in [1.29, 1.82) is 0 Å². The summed E-state index contributed by atoms with van der Waals surface area (Å²) in [7, 11) is 2.19. The van der Waals surface area contributed by atoms with Crippen LogP contribution in [0.5, 0.6) is 0 Å². The molecule has 0 saturated carbocycles. The Balaban J connectivity index is 1.86. The number of rotatable bonds is 3. The van der Waals surface area contributed by atoms with Gasteiger partial charge in [-0.3, -0.25) is 0 Å². The van der Waals surface area contributed by atoms with Crippen molar-refractivity contribution in [3.05, 3.63) is 18.2 Å². The van der Waals surface area contributed by atoms with E-state index >= 15 is 0 Å². The average molecular weight is 234 g/mol. The van der Waals surface area contributed by atoms with E-state index in [1.807, 2.05) is 18.2 Å². The Morgan fingerprint density at radius 2 is 2.18 bits per heavy atom. The number of nitrogen functional groups attached to an aromatic ring is 2. The average Bonchev–Trinajstić information content (AvgIpc) is 2.31. The smallest absolute Gasteiger partial charge is 0.0568 e. The maximum atomic E-state index is 5.78. The summed E-state index contributed by atoms with van der Waals surface area (Å²) in [5, 5.41) is 3.44. The van der Waals surface area contributed by atoms with Gasteiger partial charge in [0.2, 0.25) is 0 Å². The lowest BCUT2D eigenvalue weighted by Gasteiger charge is -2.30. The molecule has 4 nitrogen and oxygen atoms in total. The Morgan fingerprint density at radius 1 is 1.35 bits per heavy atom. The summed E-state index contributed by atoms with van der Waals surface area (Å²) in [5.41, 5.74) is 13.8. The summed E-state index contributed by atoms with van der Waals surface area (Å²) in [5.74, 6) is 0.729. The largest absolute Gasteiger partial charge is 0.397 e. The first-order valence-corrected chi connectivity index (χ1v) is 6.22. The fourth-order valence-corrected chi connectivity index (χ4v) is 2.39. The van der Waals surface area contributed by atoms with E-state index < -0.39 is 0 Å². The van der Waals surface area contributed by atoms with Crippen molar-refractivity contribution in [3.8, 4) is 0 Å². The van der Waals surface area contributed by atoms with Crippen LogP contribution in [0.15, 0.2) is 18.2 Å².